The van der Waals surface area contributed by atoms with Gasteiger partial charge >= 0.3 is 0 Å². The number of pyridine rings is 1. The maximum atomic E-state index is 9.33. The van der Waals surface area contributed by atoms with E-state index >= 15 is 0 Å². The van der Waals surface area contributed by atoms with E-state index in [0.717, 1.165) is 0 Å². The van der Waals surface area contributed by atoms with Crippen LogP contribution in [0.1, 0.15) is 0 Å². The highest BCUT2D eigenvalue weighted by molar-refractivity contribution is 5.36. The molecule has 12 heavy (non-hydrogen) atoms. The van der Waals surface area contributed by atoms with Gasteiger partial charge in [0.1, 0.15) is 12.7 Å². The Labute approximate surface area is 68.3 Å². The summed E-state index contributed by atoms with van der Waals surface area (Å²) in [5, 5.41) is 13.2. The maximum absolute atomic E-state index is 9.33. The quantitative estimate of drug-likeness (QED) is 0.657. The van der Waals surface area contributed by atoms with Crippen molar-refractivity contribution in [1.29, 1.82) is 0 Å². The molecule has 0 radical (unpaired) electrons. The monoisotopic (exact) mass is 162 g/mol. The molecule has 5 heteroatoms. The summed E-state index contributed by atoms with van der Waals surface area (Å²) in [6.07, 6.45) is 4.44. The van der Waals surface area contributed by atoms with Crippen LogP contribution in [0, 0.1) is 0 Å². The molecule has 0 aliphatic carbocycles. The summed E-state index contributed by atoms with van der Waals surface area (Å²) in [5.74, 6) is 0.470. The van der Waals surface area contributed by atoms with E-state index in [0.29, 0.717) is 5.82 Å². The summed E-state index contributed by atoms with van der Waals surface area (Å²) >= 11 is 0. The standard InChI is InChI=1S/C7H6N4O/c12-6-2-1-3-9-7(6)11-5-8-4-10-11/h1-5,12H. The summed E-state index contributed by atoms with van der Waals surface area (Å²) in [4.78, 5) is 7.67. The Hall–Kier alpha value is -1.91. The molecule has 0 aromatic carbocycles. The second kappa shape index (κ2) is 2.61. The number of aromatic hydroxyl groups is 1. The van der Waals surface area contributed by atoms with Crippen LogP contribution in [0.5, 0.6) is 5.75 Å². The molecule has 2 rings (SSSR count). The highest BCUT2D eigenvalue weighted by Crippen LogP contribution is 2.15. The van der Waals surface area contributed by atoms with Gasteiger partial charge in [0.05, 0.1) is 0 Å². The minimum Gasteiger partial charge on any atom is -0.504 e. The summed E-state index contributed by atoms with van der Waals surface area (Å²) in [6, 6.07) is 3.19. The fourth-order valence-corrected chi connectivity index (χ4v) is 0.883. The fraction of sp³-hybridized carbons (Fsp3) is 0. The van der Waals surface area contributed by atoms with Gasteiger partial charge in [-0.1, -0.05) is 0 Å². The van der Waals surface area contributed by atoms with Gasteiger partial charge in [0, 0.05) is 6.20 Å². The Bertz CT molecular complexity index is 371. The third-order valence-corrected chi connectivity index (χ3v) is 1.40. The highest BCUT2D eigenvalue weighted by Gasteiger charge is 2.02. The van der Waals surface area contributed by atoms with Gasteiger partial charge in [0.2, 0.25) is 0 Å². The van der Waals surface area contributed by atoms with E-state index in [1.807, 2.05) is 0 Å². The van der Waals surface area contributed by atoms with E-state index in [2.05, 4.69) is 15.1 Å². The SMILES string of the molecule is Oc1cccnc1-n1cncn1. The van der Waals surface area contributed by atoms with Gasteiger partial charge in [-0.2, -0.15) is 9.78 Å². The Morgan fingerprint density at radius 2 is 2.33 bits per heavy atom. The van der Waals surface area contributed by atoms with Gasteiger partial charge in [0.15, 0.2) is 11.6 Å². The Kier molecular flexibility index (Phi) is 1.48. The van der Waals surface area contributed by atoms with Crippen molar-refractivity contribution in [2.45, 2.75) is 0 Å². The van der Waals surface area contributed by atoms with Crippen LogP contribution in [0.25, 0.3) is 5.82 Å². The molecule has 2 heterocycles. The minimum absolute atomic E-state index is 0.0861. The van der Waals surface area contributed by atoms with Crippen LogP contribution in [-0.2, 0) is 0 Å². The molecule has 0 unspecified atom stereocenters. The van der Waals surface area contributed by atoms with Crippen LogP contribution >= 0.6 is 0 Å². The average molecular weight is 162 g/mol. The zero-order chi connectivity index (χ0) is 8.39. The second-order valence-corrected chi connectivity index (χ2v) is 2.19. The maximum Gasteiger partial charge on any atom is 0.197 e. The Balaban J connectivity index is 2.55. The number of nitrogens with zero attached hydrogens (tertiary/aromatic N) is 4. The first kappa shape index (κ1) is 6.78. The molecule has 0 saturated heterocycles. The van der Waals surface area contributed by atoms with Crippen molar-refractivity contribution in [3.8, 4) is 11.6 Å². The van der Waals surface area contributed by atoms with Crippen molar-refractivity contribution < 1.29 is 5.11 Å². The van der Waals surface area contributed by atoms with Crippen LogP contribution in [0.3, 0.4) is 0 Å². The zero-order valence-electron chi connectivity index (χ0n) is 6.12. The third kappa shape index (κ3) is 1.01. The summed E-state index contributed by atoms with van der Waals surface area (Å²) in [7, 11) is 0. The van der Waals surface area contributed by atoms with Gasteiger partial charge in [-0.3, -0.25) is 0 Å². The van der Waals surface area contributed by atoms with Crippen molar-refractivity contribution >= 4 is 0 Å². The van der Waals surface area contributed by atoms with E-state index < -0.39 is 0 Å². The smallest absolute Gasteiger partial charge is 0.197 e. The van der Waals surface area contributed by atoms with E-state index in [9.17, 15) is 5.11 Å². The lowest BCUT2D eigenvalue weighted by atomic mass is 10.4. The molecule has 60 valence electrons. The molecular formula is C7H6N4O. The lowest BCUT2D eigenvalue weighted by Crippen LogP contribution is -1.97. The predicted molar refractivity (Wildman–Crippen MR) is 40.8 cm³/mol. The summed E-state index contributed by atoms with van der Waals surface area (Å²) in [5.41, 5.74) is 0. The summed E-state index contributed by atoms with van der Waals surface area (Å²) < 4.78 is 1.40. The first-order valence-corrected chi connectivity index (χ1v) is 3.37. The van der Waals surface area contributed by atoms with Crippen molar-refractivity contribution in [1.82, 2.24) is 19.7 Å². The Morgan fingerprint density at radius 1 is 1.42 bits per heavy atom. The van der Waals surface area contributed by atoms with Gasteiger partial charge in [-0.25, -0.2) is 9.97 Å². The molecule has 0 aliphatic heterocycles. The largest absolute Gasteiger partial charge is 0.504 e. The van der Waals surface area contributed by atoms with Gasteiger partial charge in [0.25, 0.3) is 0 Å². The first-order valence-electron chi connectivity index (χ1n) is 3.37. The van der Waals surface area contributed by atoms with E-state index in [4.69, 9.17) is 0 Å². The van der Waals surface area contributed by atoms with Gasteiger partial charge in [-0.15, -0.1) is 0 Å². The molecule has 0 bridgehead atoms. The van der Waals surface area contributed by atoms with Gasteiger partial charge in [-0.05, 0) is 12.1 Å². The minimum atomic E-state index is 0.0861. The molecule has 0 atom stereocenters. The molecule has 5 nitrogen and oxygen atoms in total. The van der Waals surface area contributed by atoms with Gasteiger partial charge < -0.3 is 5.11 Å². The van der Waals surface area contributed by atoms with Crippen LogP contribution in [-0.4, -0.2) is 24.9 Å². The normalized spacial score (nSPS) is 10.0. The molecule has 0 aliphatic rings. The molecule has 1 N–H and O–H groups in total. The molecule has 0 saturated carbocycles. The van der Waals surface area contributed by atoms with Crippen LogP contribution in [0.2, 0.25) is 0 Å². The zero-order valence-corrected chi connectivity index (χ0v) is 6.12. The van der Waals surface area contributed by atoms with Crippen LogP contribution in [0.15, 0.2) is 31.0 Å². The fourth-order valence-electron chi connectivity index (χ4n) is 0.883. The van der Waals surface area contributed by atoms with Crippen molar-refractivity contribution in [3.63, 3.8) is 0 Å². The molecule has 2 aromatic rings. The van der Waals surface area contributed by atoms with Crippen LogP contribution in [0.4, 0.5) is 0 Å². The lowest BCUT2D eigenvalue weighted by molar-refractivity contribution is 0.467. The number of hydrogen-bond donors (Lipinski definition) is 1. The number of hydrogen-bond acceptors (Lipinski definition) is 4. The number of rotatable bonds is 1. The molecule has 0 fully saturated rings. The van der Waals surface area contributed by atoms with Crippen molar-refractivity contribution in [3.05, 3.63) is 31.0 Å². The van der Waals surface area contributed by atoms with Crippen molar-refractivity contribution in [2.75, 3.05) is 0 Å². The van der Waals surface area contributed by atoms with Crippen LogP contribution < -0.4 is 0 Å². The third-order valence-electron chi connectivity index (χ3n) is 1.40. The van der Waals surface area contributed by atoms with E-state index in [-0.39, 0.29) is 5.75 Å². The number of aromatic nitrogens is 4. The molecule has 0 amide bonds. The van der Waals surface area contributed by atoms with E-state index in [1.165, 1.54) is 17.3 Å². The second-order valence-electron chi connectivity index (χ2n) is 2.19. The first-order chi connectivity index (χ1) is 5.88. The topological polar surface area (TPSA) is 63.8 Å². The molecular weight excluding hydrogens is 156 g/mol. The highest BCUT2D eigenvalue weighted by atomic mass is 16.3. The Morgan fingerprint density at radius 3 is 3.00 bits per heavy atom. The molecule has 0 spiro atoms. The average Bonchev–Trinajstić information content (AvgIpc) is 2.57. The van der Waals surface area contributed by atoms with E-state index in [1.54, 1.807) is 18.3 Å². The predicted octanol–water partition coefficient (Wildman–Crippen LogP) is 0.368. The molecule has 2 aromatic heterocycles. The summed E-state index contributed by atoms with van der Waals surface area (Å²) in [6.45, 7) is 0. The lowest BCUT2D eigenvalue weighted by Gasteiger charge is -1.99. The van der Waals surface area contributed by atoms with Crippen molar-refractivity contribution in [2.24, 2.45) is 0 Å².